The summed E-state index contributed by atoms with van der Waals surface area (Å²) in [6, 6.07) is 0. The molecule has 0 bridgehead atoms. The molecule has 0 spiro atoms. The summed E-state index contributed by atoms with van der Waals surface area (Å²) in [4.78, 5) is 11.3. The standard InChI is InChI=1S/C20H40O3/c1-4-7-8-9-10-11-12-13-14-15-16-17-18-23-20(5-2,6-3)19(21)22/h4-18H2,1-3H3,(H,21,22). The predicted molar refractivity (Wildman–Crippen MR) is 98.0 cm³/mol. The number of ether oxygens (including phenoxy) is 1. The first-order chi connectivity index (χ1) is 11.1. The highest BCUT2D eigenvalue weighted by molar-refractivity contribution is 5.77. The number of carboxylic acids is 1. The van der Waals surface area contributed by atoms with Gasteiger partial charge in [0.15, 0.2) is 5.60 Å². The Morgan fingerprint density at radius 1 is 0.739 bits per heavy atom. The predicted octanol–water partition coefficient (Wildman–Crippen LogP) is 6.35. The zero-order valence-corrected chi connectivity index (χ0v) is 15.9. The molecule has 0 aliphatic carbocycles. The molecule has 0 aliphatic rings. The van der Waals surface area contributed by atoms with Crippen LogP contribution < -0.4 is 0 Å². The molecule has 0 aromatic carbocycles. The second-order valence-corrected chi connectivity index (χ2v) is 6.74. The second-order valence-electron chi connectivity index (χ2n) is 6.74. The third-order valence-corrected chi connectivity index (χ3v) is 4.91. The van der Waals surface area contributed by atoms with Gasteiger partial charge >= 0.3 is 5.97 Å². The molecular weight excluding hydrogens is 288 g/mol. The van der Waals surface area contributed by atoms with E-state index in [9.17, 15) is 9.90 Å². The molecule has 0 aromatic heterocycles. The summed E-state index contributed by atoms with van der Waals surface area (Å²) in [6.07, 6.45) is 16.8. The van der Waals surface area contributed by atoms with Crippen molar-refractivity contribution in [1.29, 1.82) is 0 Å². The SMILES string of the molecule is CCCCCCCCCCCCCCOC(CC)(CC)C(=O)O. The molecule has 0 saturated heterocycles. The van der Waals surface area contributed by atoms with E-state index in [1.807, 2.05) is 13.8 Å². The summed E-state index contributed by atoms with van der Waals surface area (Å²) in [7, 11) is 0. The van der Waals surface area contributed by atoms with E-state index in [2.05, 4.69) is 6.92 Å². The molecule has 23 heavy (non-hydrogen) atoms. The first-order valence-corrected chi connectivity index (χ1v) is 10.00. The van der Waals surface area contributed by atoms with Gasteiger partial charge in [0.1, 0.15) is 0 Å². The molecule has 1 N–H and O–H groups in total. The van der Waals surface area contributed by atoms with E-state index >= 15 is 0 Å². The minimum Gasteiger partial charge on any atom is -0.479 e. The van der Waals surface area contributed by atoms with Gasteiger partial charge in [-0.05, 0) is 19.3 Å². The molecule has 138 valence electrons. The van der Waals surface area contributed by atoms with Gasteiger partial charge < -0.3 is 9.84 Å². The maximum atomic E-state index is 11.3. The lowest BCUT2D eigenvalue weighted by atomic mass is 9.97. The molecule has 0 saturated carbocycles. The summed E-state index contributed by atoms with van der Waals surface area (Å²) < 4.78 is 5.68. The molecule has 0 aromatic rings. The van der Waals surface area contributed by atoms with E-state index in [0.717, 1.165) is 12.8 Å². The lowest BCUT2D eigenvalue weighted by Gasteiger charge is -2.27. The zero-order chi connectivity index (χ0) is 17.4. The maximum Gasteiger partial charge on any atom is 0.335 e. The second kappa shape index (κ2) is 15.0. The van der Waals surface area contributed by atoms with Gasteiger partial charge in [-0.25, -0.2) is 4.79 Å². The smallest absolute Gasteiger partial charge is 0.335 e. The van der Waals surface area contributed by atoms with E-state index < -0.39 is 11.6 Å². The van der Waals surface area contributed by atoms with Crippen molar-refractivity contribution in [3.63, 3.8) is 0 Å². The van der Waals surface area contributed by atoms with E-state index in [1.165, 1.54) is 64.2 Å². The maximum absolute atomic E-state index is 11.3. The summed E-state index contributed by atoms with van der Waals surface area (Å²) in [5.74, 6) is -0.818. The summed E-state index contributed by atoms with van der Waals surface area (Å²) in [6.45, 7) is 6.61. The van der Waals surface area contributed by atoms with E-state index in [1.54, 1.807) is 0 Å². The highest BCUT2D eigenvalue weighted by Crippen LogP contribution is 2.21. The Hall–Kier alpha value is -0.570. The lowest BCUT2D eigenvalue weighted by Crippen LogP contribution is -2.40. The molecule has 3 heteroatoms. The van der Waals surface area contributed by atoms with Gasteiger partial charge in [-0.15, -0.1) is 0 Å². The van der Waals surface area contributed by atoms with Gasteiger partial charge in [-0.2, -0.15) is 0 Å². The van der Waals surface area contributed by atoms with Crippen LogP contribution in [-0.2, 0) is 9.53 Å². The van der Waals surface area contributed by atoms with Gasteiger partial charge in [0.25, 0.3) is 0 Å². The van der Waals surface area contributed by atoms with Crippen molar-refractivity contribution >= 4 is 5.97 Å². The van der Waals surface area contributed by atoms with Crippen molar-refractivity contribution in [2.75, 3.05) is 6.61 Å². The third-order valence-electron chi connectivity index (χ3n) is 4.91. The Bertz CT molecular complexity index is 272. The van der Waals surface area contributed by atoms with Crippen molar-refractivity contribution in [2.45, 2.75) is 116 Å². The largest absolute Gasteiger partial charge is 0.479 e. The van der Waals surface area contributed by atoms with Gasteiger partial charge in [-0.3, -0.25) is 0 Å². The van der Waals surface area contributed by atoms with Gasteiger partial charge in [0.05, 0.1) is 0 Å². The number of hydrogen-bond donors (Lipinski definition) is 1. The summed E-state index contributed by atoms with van der Waals surface area (Å²) >= 11 is 0. The molecule has 0 radical (unpaired) electrons. The highest BCUT2D eigenvalue weighted by Gasteiger charge is 2.35. The van der Waals surface area contributed by atoms with Crippen LogP contribution in [0.25, 0.3) is 0 Å². The average molecular weight is 329 g/mol. The average Bonchev–Trinajstić information content (AvgIpc) is 2.55. The Balaban J connectivity index is 3.41. The molecule has 0 atom stereocenters. The van der Waals surface area contributed by atoms with E-state index in [-0.39, 0.29) is 0 Å². The van der Waals surface area contributed by atoms with Crippen LogP contribution in [-0.4, -0.2) is 23.3 Å². The van der Waals surface area contributed by atoms with Crippen molar-refractivity contribution < 1.29 is 14.6 Å². The topological polar surface area (TPSA) is 46.5 Å². The number of rotatable bonds is 17. The number of unbranched alkanes of at least 4 members (excludes halogenated alkanes) is 11. The monoisotopic (exact) mass is 328 g/mol. The van der Waals surface area contributed by atoms with Crippen molar-refractivity contribution in [3.05, 3.63) is 0 Å². The van der Waals surface area contributed by atoms with Crippen LogP contribution in [0.5, 0.6) is 0 Å². The molecule has 0 heterocycles. The van der Waals surface area contributed by atoms with Crippen molar-refractivity contribution in [3.8, 4) is 0 Å². The van der Waals surface area contributed by atoms with Crippen LogP contribution in [0, 0.1) is 0 Å². The molecule has 0 unspecified atom stereocenters. The fourth-order valence-corrected chi connectivity index (χ4v) is 3.03. The molecule has 0 fully saturated rings. The van der Waals surface area contributed by atoms with E-state index in [4.69, 9.17) is 4.74 Å². The van der Waals surface area contributed by atoms with Crippen LogP contribution in [0.1, 0.15) is 111 Å². The number of hydrogen-bond acceptors (Lipinski definition) is 2. The van der Waals surface area contributed by atoms with Crippen LogP contribution in [0.2, 0.25) is 0 Å². The fourth-order valence-electron chi connectivity index (χ4n) is 3.03. The van der Waals surface area contributed by atoms with Gasteiger partial charge in [-0.1, -0.05) is 91.4 Å². The van der Waals surface area contributed by atoms with Crippen molar-refractivity contribution in [2.24, 2.45) is 0 Å². The molecular formula is C20H40O3. The lowest BCUT2D eigenvalue weighted by molar-refractivity contribution is -0.167. The first-order valence-electron chi connectivity index (χ1n) is 10.00. The van der Waals surface area contributed by atoms with Crippen molar-refractivity contribution in [1.82, 2.24) is 0 Å². The van der Waals surface area contributed by atoms with Crippen LogP contribution >= 0.6 is 0 Å². The Morgan fingerprint density at radius 2 is 1.13 bits per heavy atom. The Morgan fingerprint density at radius 3 is 1.48 bits per heavy atom. The quantitative estimate of drug-likeness (QED) is 0.316. The Kier molecular flexibility index (Phi) is 14.6. The highest BCUT2D eigenvalue weighted by atomic mass is 16.5. The Labute approximate surface area is 144 Å². The van der Waals surface area contributed by atoms with Crippen LogP contribution in [0.15, 0.2) is 0 Å². The number of carbonyl (C=O) groups is 1. The third kappa shape index (κ3) is 10.8. The fraction of sp³-hybridized carbons (Fsp3) is 0.950. The van der Waals surface area contributed by atoms with Gasteiger partial charge in [0.2, 0.25) is 0 Å². The summed E-state index contributed by atoms with van der Waals surface area (Å²) in [5.41, 5.74) is -0.961. The van der Waals surface area contributed by atoms with E-state index in [0.29, 0.717) is 19.4 Å². The normalized spacial score (nSPS) is 11.8. The molecule has 0 amide bonds. The first kappa shape index (κ1) is 22.4. The van der Waals surface area contributed by atoms with Gasteiger partial charge in [0, 0.05) is 6.61 Å². The van der Waals surface area contributed by atoms with Crippen LogP contribution in [0.3, 0.4) is 0 Å². The van der Waals surface area contributed by atoms with Crippen LogP contribution in [0.4, 0.5) is 0 Å². The number of carboxylic acid groups (broad SMARTS) is 1. The zero-order valence-electron chi connectivity index (χ0n) is 15.9. The molecule has 3 nitrogen and oxygen atoms in total. The molecule has 0 rings (SSSR count). The number of aliphatic carboxylic acids is 1. The minimum absolute atomic E-state index is 0.539. The molecule has 0 aliphatic heterocycles. The minimum atomic E-state index is -0.961. The summed E-state index contributed by atoms with van der Waals surface area (Å²) in [5, 5.41) is 9.29.